The minimum absolute atomic E-state index is 0.0173. The van der Waals surface area contributed by atoms with Gasteiger partial charge in [-0.2, -0.15) is 0 Å². The Kier molecular flexibility index (Phi) is 2.71. The molecular weight excluding hydrogens is 230 g/mol. The number of imidazole rings is 1. The van der Waals surface area contributed by atoms with Crippen LogP contribution in [-0.2, 0) is 19.7 Å². The standard InChI is InChI=1S/C12H15N5O/c1-9-10(8-18)6-14-12(15-9)17-5-4-16-3-2-13-11(16)7-17/h2-3,6,18H,4-5,7-8H2,1H3. The first-order valence-electron chi connectivity index (χ1n) is 5.96. The Labute approximate surface area is 105 Å². The summed E-state index contributed by atoms with van der Waals surface area (Å²) in [5.74, 6) is 1.74. The van der Waals surface area contributed by atoms with Crippen molar-refractivity contribution in [1.82, 2.24) is 19.5 Å². The Balaban J connectivity index is 1.86. The minimum Gasteiger partial charge on any atom is -0.392 e. The van der Waals surface area contributed by atoms with E-state index in [9.17, 15) is 0 Å². The van der Waals surface area contributed by atoms with Crippen LogP contribution >= 0.6 is 0 Å². The van der Waals surface area contributed by atoms with Crippen LogP contribution in [0.25, 0.3) is 0 Å². The van der Waals surface area contributed by atoms with Gasteiger partial charge < -0.3 is 14.6 Å². The van der Waals surface area contributed by atoms with Gasteiger partial charge in [0.1, 0.15) is 5.82 Å². The fourth-order valence-corrected chi connectivity index (χ4v) is 2.13. The average Bonchev–Trinajstić information content (AvgIpc) is 2.85. The van der Waals surface area contributed by atoms with E-state index in [1.165, 1.54) is 0 Å². The fraction of sp³-hybridized carbons (Fsp3) is 0.417. The molecule has 18 heavy (non-hydrogen) atoms. The van der Waals surface area contributed by atoms with Crippen molar-refractivity contribution in [1.29, 1.82) is 0 Å². The van der Waals surface area contributed by atoms with E-state index in [1.54, 1.807) is 6.20 Å². The molecule has 0 bridgehead atoms. The molecule has 1 N–H and O–H groups in total. The van der Waals surface area contributed by atoms with E-state index < -0.39 is 0 Å². The van der Waals surface area contributed by atoms with Crippen LogP contribution in [0.2, 0.25) is 0 Å². The zero-order chi connectivity index (χ0) is 12.5. The van der Waals surface area contributed by atoms with Crippen LogP contribution in [0, 0.1) is 6.92 Å². The second-order valence-corrected chi connectivity index (χ2v) is 4.40. The van der Waals surface area contributed by atoms with Gasteiger partial charge in [0.05, 0.1) is 13.2 Å². The van der Waals surface area contributed by atoms with Crippen molar-refractivity contribution < 1.29 is 5.11 Å². The summed E-state index contributed by atoms with van der Waals surface area (Å²) in [6.45, 7) is 4.38. The molecule has 0 amide bonds. The van der Waals surface area contributed by atoms with Crippen LogP contribution in [0.1, 0.15) is 17.1 Å². The summed E-state index contributed by atoms with van der Waals surface area (Å²) >= 11 is 0. The predicted molar refractivity (Wildman–Crippen MR) is 66.0 cm³/mol. The zero-order valence-electron chi connectivity index (χ0n) is 10.2. The molecule has 0 radical (unpaired) electrons. The van der Waals surface area contributed by atoms with Gasteiger partial charge in [0.25, 0.3) is 0 Å². The Morgan fingerprint density at radius 2 is 2.22 bits per heavy atom. The van der Waals surface area contributed by atoms with Crippen LogP contribution in [0.4, 0.5) is 5.95 Å². The number of aromatic nitrogens is 4. The number of aliphatic hydroxyl groups excluding tert-OH is 1. The summed E-state index contributed by atoms with van der Waals surface area (Å²) in [6, 6.07) is 0. The lowest BCUT2D eigenvalue weighted by Gasteiger charge is -2.27. The molecule has 2 aromatic rings. The van der Waals surface area contributed by atoms with Crippen LogP contribution < -0.4 is 4.90 Å². The van der Waals surface area contributed by atoms with Crippen molar-refractivity contribution in [3.8, 4) is 0 Å². The number of nitrogens with zero attached hydrogens (tertiary/aromatic N) is 5. The van der Waals surface area contributed by atoms with Crippen molar-refractivity contribution in [2.24, 2.45) is 0 Å². The summed E-state index contributed by atoms with van der Waals surface area (Å²) in [7, 11) is 0. The van der Waals surface area contributed by atoms with Gasteiger partial charge in [0.2, 0.25) is 5.95 Å². The van der Waals surface area contributed by atoms with E-state index in [0.29, 0.717) is 5.95 Å². The summed E-state index contributed by atoms with van der Waals surface area (Å²) in [5.41, 5.74) is 1.61. The highest BCUT2D eigenvalue weighted by Gasteiger charge is 2.19. The Hall–Kier alpha value is -1.95. The summed E-state index contributed by atoms with van der Waals surface area (Å²) in [6.07, 6.45) is 5.51. The van der Waals surface area contributed by atoms with Gasteiger partial charge in [-0.15, -0.1) is 0 Å². The normalized spacial score (nSPS) is 14.7. The number of aryl methyl sites for hydroxylation is 1. The third-order valence-corrected chi connectivity index (χ3v) is 3.27. The molecule has 0 aromatic carbocycles. The summed E-state index contributed by atoms with van der Waals surface area (Å²) in [5, 5.41) is 9.12. The number of fused-ring (bicyclic) bond motifs is 1. The smallest absolute Gasteiger partial charge is 0.225 e. The third kappa shape index (κ3) is 1.84. The van der Waals surface area contributed by atoms with Gasteiger partial charge >= 0.3 is 0 Å². The SMILES string of the molecule is Cc1nc(N2CCn3ccnc3C2)ncc1CO. The first-order chi connectivity index (χ1) is 8.78. The molecule has 0 aliphatic carbocycles. The summed E-state index contributed by atoms with van der Waals surface area (Å²) < 4.78 is 2.14. The first kappa shape index (κ1) is 11.2. The van der Waals surface area contributed by atoms with E-state index in [1.807, 2.05) is 19.3 Å². The van der Waals surface area contributed by atoms with Crippen LogP contribution in [-0.4, -0.2) is 31.2 Å². The molecule has 3 heterocycles. The lowest BCUT2D eigenvalue weighted by molar-refractivity contribution is 0.280. The molecular formula is C12H15N5O. The van der Waals surface area contributed by atoms with Crippen LogP contribution in [0.5, 0.6) is 0 Å². The summed E-state index contributed by atoms with van der Waals surface area (Å²) in [4.78, 5) is 15.2. The molecule has 0 fully saturated rings. The zero-order valence-corrected chi connectivity index (χ0v) is 10.2. The number of aliphatic hydroxyl groups is 1. The Morgan fingerprint density at radius 1 is 1.33 bits per heavy atom. The van der Waals surface area contributed by atoms with Gasteiger partial charge in [-0.05, 0) is 6.92 Å². The molecule has 3 rings (SSSR count). The molecule has 0 unspecified atom stereocenters. The van der Waals surface area contributed by atoms with E-state index in [2.05, 4.69) is 24.4 Å². The van der Waals surface area contributed by atoms with Crippen molar-refractivity contribution in [3.63, 3.8) is 0 Å². The number of anilines is 1. The van der Waals surface area contributed by atoms with Gasteiger partial charge in [0.15, 0.2) is 0 Å². The van der Waals surface area contributed by atoms with Crippen molar-refractivity contribution in [2.45, 2.75) is 26.6 Å². The molecule has 0 spiro atoms. The highest BCUT2D eigenvalue weighted by Crippen LogP contribution is 2.17. The average molecular weight is 245 g/mol. The van der Waals surface area contributed by atoms with Crippen molar-refractivity contribution in [2.75, 3.05) is 11.4 Å². The number of hydrogen-bond acceptors (Lipinski definition) is 5. The van der Waals surface area contributed by atoms with Gasteiger partial charge in [0, 0.05) is 42.9 Å². The molecule has 0 atom stereocenters. The van der Waals surface area contributed by atoms with E-state index >= 15 is 0 Å². The minimum atomic E-state index is -0.0173. The number of hydrogen-bond donors (Lipinski definition) is 1. The maximum atomic E-state index is 9.12. The van der Waals surface area contributed by atoms with Crippen LogP contribution in [0.15, 0.2) is 18.6 Å². The van der Waals surface area contributed by atoms with Crippen LogP contribution in [0.3, 0.4) is 0 Å². The Morgan fingerprint density at radius 3 is 3.00 bits per heavy atom. The largest absolute Gasteiger partial charge is 0.392 e. The quantitative estimate of drug-likeness (QED) is 0.834. The van der Waals surface area contributed by atoms with E-state index in [0.717, 1.165) is 36.7 Å². The van der Waals surface area contributed by atoms with Crippen molar-refractivity contribution >= 4 is 5.95 Å². The molecule has 94 valence electrons. The van der Waals surface area contributed by atoms with Gasteiger partial charge in [-0.3, -0.25) is 0 Å². The molecule has 2 aromatic heterocycles. The Bertz CT molecular complexity index is 565. The van der Waals surface area contributed by atoms with Gasteiger partial charge in [-0.1, -0.05) is 0 Å². The molecule has 0 saturated heterocycles. The maximum Gasteiger partial charge on any atom is 0.225 e. The first-order valence-corrected chi connectivity index (χ1v) is 5.96. The predicted octanol–water partition coefficient (Wildman–Crippen LogP) is 0.494. The maximum absolute atomic E-state index is 9.12. The van der Waals surface area contributed by atoms with E-state index in [4.69, 9.17) is 5.11 Å². The second kappa shape index (κ2) is 4.38. The fourth-order valence-electron chi connectivity index (χ4n) is 2.13. The molecule has 6 nitrogen and oxygen atoms in total. The number of rotatable bonds is 2. The second-order valence-electron chi connectivity index (χ2n) is 4.40. The molecule has 0 saturated carbocycles. The topological polar surface area (TPSA) is 67.1 Å². The van der Waals surface area contributed by atoms with Gasteiger partial charge in [-0.25, -0.2) is 15.0 Å². The molecule has 1 aliphatic heterocycles. The monoisotopic (exact) mass is 245 g/mol. The molecule has 1 aliphatic rings. The van der Waals surface area contributed by atoms with E-state index in [-0.39, 0.29) is 6.61 Å². The lowest BCUT2D eigenvalue weighted by atomic mass is 10.2. The lowest BCUT2D eigenvalue weighted by Crippen LogP contribution is -2.34. The molecule has 6 heteroatoms. The third-order valence-electron chi connectivity index (χ3n) is 3.27. The highest BCUT2D eigenvalue weighted by molar-refractivity contribution is 5.34. The van der Waals surface area contributed by atoms with Crippen molar-refractivity contribution in [3.05, 3.63) is 35.7 Å². The highest BCUT2D eigenvalue weighted by atomic mass is 16.3.